The minimum absolute atomic E-state index is 0.125. The molecule has 31 atom stereocenters. The van der Waals surface area contributed by atoms with Crippen molar-refractivity contribution in [2.24, 2.45) is 5.92 Å². The number of aliphatic hydroxyl groups is 14. The van der Waals surface area contributed by atoms with Gasteiger partial charge in [-0.25, -0.2) is 18.7 Å². The molecule has 46 nitrogen and oxygen atoms in total. The molecule has 11 unspecified atom stereocenters. The third kappa shape index (κ3) is 21.6. The Hall–Kier alpha value is -6.50. The molecule has 1 aromatic heterocycles. The number of anilines is 1. The fraction of sp³-hybridized carbons (Fsp3) is 0.726. The number of amides is 3. The highest BCUT2D eigenvalue weighted by Crippen LogP contribution is 2.53. The van der Waals surface area contributed by atoms with Gasteiger partial charge in [0.25, 0.3) is 24.6 Å². The zero-order valence-electron chi connectivity index (χ0n) is 58.2. The molecule has 47 heteroatoms. The van der Waals surface area contributed by atoms with Crippen LogP contribution in [0.15, 0.2) is 41.3 Å². The van der Waals surface area contributed by atoms with E-state index in [0.717, 1.165) is 24.6 Å². The van der Waals surface area contributed by atoms with Gasteiger partial charge in [0.1, 0.15) is 109 Å². The molecule has 7 heterocycles. The molecule has 614 valence electrons. The molecule has 0 radical (unpaired) electrons. The van der Waals surface area contributed by atoms with E-state index in [-0.39, 0.29) is 50.1 Å². The van der Waals surface area contributed by atoms with Crippen LogP contribution < -0.4 is 27.4 Å². The van der Waals surface area contributed by atoms with Gasteiger partial charge in [0.2, 0.25) is 24.4 Å². The third-order valence-corrected chi connectivity index (χ3v) is 19.6. The number of benzene rings is 1. The second kappa shape index (κ2) is 39.3. The maximum atomic E-state index is 13.5. The Balaban J connectivity index is 0.809. The van der Waals surface area contributed by atoms with Gasteiger partial charge in [0.15, 0.2) is 43.6 Å². The van der Waals surface area contributed by atoms with E-state index in [1.807, 2.05) is 0 Å². The number of hydrogen-bond acceptors (Lipinski definition) is 40. The van der Waals surface area contributed by atoms with Gasteiger partial charge in [-0.3, -0.25) is 37.9 Å². The Morgan fingerprint density at radius 3 is 1.80 bits per heavy atom. The molecule has 109 heavy (non-hydrogen) atoms. The Labute approximate surface area is 616 Å². The van der Waals surface area contributed by atoms with Gasteiger partial charge in [0, 0.05) is 70.9 Å². The van der Waals surface area contributed by atoms with E-state index >= 15 is 0 Å². The number of ketones is 1. The smallest absolute Gasteiger partial charge is 0.475 e. The van der Waals surface area contributed by atoms with E-state index in [9.17, 15) is 124 Å². The number of methoxy groups -OCH3 is 1. The maximum Gasteiger partial charge on any atom is 0.475 e. The van der Waals surface area contributed by atoms with E-state index < -0.39 is 279 Å². The number of aliphatic hydroxyl groups excluding tert-OH is 14. The first-order valence-corrected chi connectivity index (χ1v) is 35.4. The number of aliphatic carboxylic acids is 1. The summed E-state index contributed by atoms with van der Waals surface area (Å²) >= 11 is 0. The van der Waals surface area contributed by atoms with Crippen LogP contribution in [-0.4, -0.2) is 352 Å². The number of nitrogens with one attached hydrogen (secondary N) is 3. The standard InChI is InChI=1S/C62H91N6O40P/c1-24(74)65-38-41(81)48(94-3)34(19-70)100-54(38)104-51-44(84)47(87)57(106-59(51)97-23-73)102-49-35(20-71)101-55(39(42(49)82)66-25(2)75)103-50-43(83)46(86)56(105-58(50)96-22-72)95-14-12-64-52(88)27-9-7-26(8-10-27)5-4-6-28(76)15-29-31(78)17-62(60(89)90,107-33(29)16-30(77)32(79)18-69)108-109(92,93)98-21-36-40(80)45(85)53(99-36)68-13-11-37(63)67-61(68)91/h7-11,13,22-23,29-36,38-51,53-59,69-71,77-87H,4-6,12,14-21H2,1-3H3,(H,64,88)(H,65,74)(H,66,75)(H,89,90)(H,92,93)(H2,63,67,91)/t29-,30+,31-,32-,33?,34?,35?,36-,38?,39?,40+,41-,42-,43-,44-,45?,46?,47?,48-,49-,50+,51+,53-,54-,55-,56-,57-,58?,59?,62-/m1/s1. The summed E-state index contributed by atoms with van der Waals surface area (Å²) in [7, 11) is -4.48. The minimum Gasteiger partial charge on any atom is -0.477 e. The Bertz CT molecular complexity index is 3470. The zero-order valence-corrected chi connectivity index (χ0v) is 59.1. The number of carboxylic acid groups (broad SMARTS) is 1. The Morgan fingerprint density at radius 1 is 0.697 bits per heavy atom. The third-order valence-electron chi connectivity index (χ3n) is 18.6. The molecule has 1 aromatic carbocycles. The van der Waals surface area contributed by atoms with Gasteiger partial charge in [-0.1, -0.05) is 12.1 Å². The number of nitrogen functional groups attached to an aromatic ring is 1. The highest BCUT2D eigenvalue weighted by molar-refractivity contribution is 7.47. The number of phosphoric ester groups is 1. The van der Waals surface area contributed by atoms with Gasteiger partial charge in [0.05, 0.1) is 51.3 Å². The highest BCUT2D eigenvalue weighted by atomic mass is 31.2. The van der Waals surface area contributed by atoms with Crippen LogP contribution >= 0.6 is 7.82 Å². The van der Waals surface area contributed by atoms with Crippen LogP contribution in [0.1, 0.15) is 68.1 Å². The normalized spacial score (nSPS) is 37.3. The quantitative estimate of drug-likeness (QED) is 0.0170. The lowest BCUT2D eigenvalue weighted by Gasteiger charge is -2.49. The number of nitrogens with two attached hydrogens (primary N) is 1. The second-order valence-corrected chi connectivity index (χ2v) is 27.5. The van der Waals surface area contributed by atoms with Crippen LogP contribution in [0.3, 0.4) is 0 Å². The molecular weight excluding hydrogens is 1500 g/mol. The predicted octanol–water partition coefficient (Wildman–Crippen LogP) is -10.6. The molecule has 6 fully saturated rings. The van der Waals surface area contributed by atoms with Crippen molar-refractivity contribution in [3.05, 3.63) is 58.1 Å². The molecule has 0 aliphatic carbocycles. The first-order chi connectivity index (χ1) is 51.6. The number of ether oxygens (including phenoxy) is 13. The first-order valence-electron chi connectivity index (χ1n) is 33.9. The van der Waals surface area contributed by atoms with Crippen LogP contribution in [0.4, 0.5) is 5.82 Å². The lowest BCUT2D eigenvalue weighted by Crippen LogP contribution is -2.70. The van der Waals surface area contributed by atoms with Crippen LogP contribution in [0.2, 0.25) is 0 Å². The summed E-state index contributed by atoms with van der Waals surface area (Å²) in [5, 5.41) is 170. The predicted molar refractivity (Wildman–Crippen MR) is 346 cm³/mol. The van der Waals surface area contributed by atoms with Crippen LogP contribution in [0, 0.1) is 5.92 Å². The summed E-state index contributed by atoms with van der Waals surface area (Å²) in [6.07, 6.45) is -49.5. The van der Waals surface area contributed by atoms with Crippen molar-refractivity contribution in [3.63, 3.8) is 0 Å². The average molecular weight is 1590 g/mol. The van der Waals surface area contributed by atoms with Gasteiger partial charge in [-0.15, -0.1) is 0 Å². The summed E-state index contributed by atoms with van der Waals surface area (Å²) in [6, 6.07) is 3.91. The number of nitrogens with zero attached hydrogens (tertiary/aromatic N) is 2. The number of aryl methyl sites for hydroxylation is 1. The number of hydrogen-bond donors (Lipinski definition) is 20. The van der Waals surface area contributed by atoms with Crippen molar-refractivity contribution in [1.29, 1.82) is 0 Å². The zero-order chi connectivity index (χ0) is 80.1. The van der Waals surface area contributed by atoms with Crippen molar-refractivity contribution in [2.75, 3.05) is 52.4 Å². The van der Waals surface area contributed by atoms with Crippen molar-refractivity contribution >= 4 is 56.1 Å². The summed E-state index contributed by atoms with van der Waals surface area (Å²) in [5.74, 6) is -9.64. The molecule has 0 bridgehead atoms. The fourth-order valence-electron chi connectivity index (χ4n) is 13.1. The lowest BCUT2D eigenvalue weighted by atomic mass is 9.80. The van der Waals surface area contributed by atoms with E-state index in [4.69, 9.17) is 76.4 Å². The largest absolute Gasteiger partial charge is 0.477 e. The topological polar surface area (TPSA) is 696 Å². The molecule has 0 saturated carbocycles. The average Bonchev–Trinajstić information content (AvgIpc) is 1.29. The number of carbonyl (C=O) groups is 7. The van der Waals surface area contributed by atoms with E-state index in [1.165, 1.54) is 25.3 Å². The summed E-state index contributed by atoms with van der Waals surface area (Å²) < 4.78 is 96.6. The molecule has 2 aromatic rings. The van der Waals surface area contributed by atoms with Gasteiger partial charge < -0.3 is 165 Å². The molecular formula is C62H91N6O40P. The monoisotopic (exact) mass is 1590 g/mol. The van der Waals surface area contributed by atoms with Crippen LogP contribution in [0.25, 0.3) is 0 Å². The molecule has 3 amide bonds. The van der Waals surface area contributed by atoms with E-state index in [1.54, 1.807) is 12.1 Å². The molecule has 8 rings (SSSR count). The molecule has 6 aliphatic heterocycles. The molecule has 0 spiro atoms. The fourth-order valence-corrected chi connectivity index (χ4v) is 14.0. The number of carboxylic acids is 1. The Kier molecular flexibility index (Phi) is 31.8. The number of Topliss-reactive ketones (excluding diaryl/α,β-unsaturated/α-hetero) is 1. The number of rotatable bonds is 37. The lowest BCUT2D eigenvalue weighted by molar-refractivity contribution is -0.398. The van der Waals surface area contributed by atoms with Crippen molar-refractivity contribution in [1.82, 2.24) is 25.5 Å². The molecule has 21 N–H and O–H groups in total. The van der Waals surface area contributed by atoms with Crippen molar-refractivity contribution < 1.29 is 190 Å². The minimum atomic E-state index is -5.66. The van der Waals surface area contributed by atoms with Gasteiger partial charge in [-0.05, 0) is 36.6 Å². The van der Waals surface area contributed by atoms with Gasteiger partial charge in [-0.2, -0.15) is 4.98 Å². The summed E-state index contributed by atoms with van der Waals surface area (Å²) in [5.41, 5.74) is 5.25. The number of phosphoric acid groups is 1. The number of aromatic nitrogens is 2. The summed E-state index contributed by atoms with van der Waals surface area (Å²) in [4.78, 5) is 115. The molecule has 6 aliphatic rings. The Morgan fingerprint density at radius 2 is 1.26 bits per heavy atom. The van der Waals surface area contributed by atoms with E-state index in [0.29, 0.717) is 5.56 Å². The first kappa shape index (κ1) is 88.1. The van der Waals surface area contributed by atoms with Crippen molar-refractivity contribution in [2.45, 2.75) is 230 Å². The van der Waals surface area contributed by atoms with E-state index in [2.05, 4.69) is 20.9 Å². The van der Waals surface area contributed by atoms with Gasteiger partial charge >= 0.3 is 19.5 Å². The van der Waals surface area contributed by atoms with Crippen LogP contribution in [-0.2, 0) is 110 Å². The SMILES string of the molecule is CO[C@@H]1C(CO)O[C@H](O[C@@H]2C(OC=O)O[C@@H](O[C@@H]3C(CO)O[C@H](O[C@@H]4C(OC=O)O[C@@H](OCCNC(=O)c5ccc(CCCC(=O)C[C@H]6C(C[C@H](O)[C@H](O)CO)O[C@](OP(=O)(O)OC[C@H]7O[C@@H](n8ccc(N)nc8=O)C(O)[C@H]7O)(C(=O)O)C[C@H]6O)cc5)C(O)[C@H]4O)C(NC(C)=O)[C@H]3O)C(O)[C@H]2O)C(NC(C)=O)[C@H]1O. The maximum absolute atomic E-state index is 13.5. The van der Waals surface area contributed by atoms with Crippen molar-refractivity contribution in [3.8, 4) is 0 Å². The highest BCUT2D eigenvalue weighted by Gasteiger charge is 2.60. The molecule has 6 saturated heterocycles. The van der Waals surface area contributed by atoms with Crippen LogP contribution in [0.5, 0.6) is 0 Å². The summed E-state index contributed by atoms with van der Waals surface area (Å²) in [6.45, 7) is -2.82. The second-order valence-electron chi connectivity index (χ2n) is 26.1. The number of carbonyl (C=O) groups excluding carboxylic acids is 6.